The summed E-state index contributed by atoms with van der Waals surface area (Å²) in [5.74, 6) is 5.39. The summed E-state index contributed by atoms with van der Waals surface area (Å²) in [6.07, 6.45) is 3.56. The largest absolute Gasteiger partial charge is 0.477 e. The van der Waals surface area contributed by atoms with Crippen LogP contribution in [0.1, 0.15) is 35.1 Å². The average molecular weight is 559 g/mol. The van der Waals surface area contributed by atoms with E-state index in [4.69, 9.17) is 20.3 Å². The number of hydrogen-bond donors (Lipinski definition) is 1. The molecular weight excluding hydrogens is 537 g/mol. The van der Waals surface area contributed by atoms with E-state index >= 15 is 0 Å². The molecule has 40 heavy (non-hydrogen) atoms. The second kappa shape index (κ2) is 10.8. The number of aliphatic carboxylic acids is 1. The maximum atomic E-state index is 11.1. The van der Waals surface area contributed by atoms with Crippen LogP contribution in [0, 0.1) is 23.2 Å². The third-order valence-electron chi connectivity index (χ3n) is 6.53. The smallest absolute Gasteiger partial charge is 0.346 e. The van der Waals surface area contributed by atoms with E-state index in [9.17, 15) is 4.79 Å². The summed E-state index contributed by atoms with van der Waals surface area (Å²) in [6, 6.07) is 23.7. The van der Waals surface area contributed by atoms with E-state index < -0.39 is 5.97 Å². The van der Waals surface area contributed by atoms with Crippen LogP contribution in [0.25, 0.3) is 48.9 Å². The molecule has 194 valence electrons. The Hall–Kier alpha value is -4.76. The summed E-state index contributed by atoms with van der Waals surface area (Å²) in [5, 5.41) is 19.2. The first kappa shape index (κ1) is 25.5. The molecule has 0 radical (unpaired) electrons. The summed E-state index contributed by atoms with van der Waals surface area (Å²) in [7, 11) is 0. The zero-order valence-electron chi connectivity index (χ0n) is 21.5. The third-order valence-corrected chi connectivity index (χ3v) is 8.76. The van der Waals surface area contributed by atoms with E-state index in [0.717, 1.165) is 77.6 Å². The lowest BCUT2D eigenvalue weighted by Crippen LogP contribution is -1.99. The van der Waals surface area contributed by atoms with Crippen LogP contribution in [0.3, 0.4) is 0 Å². The Morgan fingerprint density at radius 1 is 1.00 bits per heavy atom. The molecule has 1 N–H and O–H groups in total. The fourth-order valence-corrected chi connectivity index (χ4v) is 6.47. The average Bonchev–Trinajstić information content (AvgIpc) is 3.70. The zero-order valence-corrected chi connectivity index (χ0v) is 23.1. The van der Waals surface area contributed by atoms with Crippen molar-refractivity contribution in [3.8, 4) is 27.7 Å². The van der Waals surface area contributed by atoms with Gasteiger partial charge < -0.3 is 9.67 Å². The highest BCUT2D eigenvalue weighted by atomic mass is 32.1. The molecule has 0 amide bonds. The predicted molar refractivity (Wildman–Crippen MR) is 162 cm³/mol. The summed E-state index contributed by atoms with van der Waals surface area (Å²) in [5.41, 5.74) is 5.33. The van der Waals surface area contributed by atoms with Gasteiger partial charge in [0.25, 0.3) is 0 Å². The zero-order chi connectivity index (χ0) is 27.6. The molecule has 0 bridgehead atoms. The Morgan fingerprint density at radius 2 is 1.77 bits per heavy atom. The predicted octanol–water partition coefficient (Wildman–Crippen LogP) is 7.72. The van der Waals surface area contributed by atoms with Crippen molar-refractivity contribution in [2.24, 2.45) is 0 Å². The van der Waals surface area contributed by atoms with E-state index in [-0.39, 0.29) is 5.57 Å². The molecule has 0 saturated heterocycles. The van der Waals surface area contributed by atoms with Gasteiger partial charge in [0.15, 0.2) is 5.65 Å². The number of fused-ring (bicyclic) bond motifs is 4. The van der Waals surface area contributed by atoms with Gasteiger partial charge in [0, 0.05) is 32.1 Å². The first-order valence-corrected chi connectivity index (χ1v) is 14.4. The first-order valence-electron chi connectivity index (χ1n) is 12.8. The topological polar surface area (TPSA) is 91.8 Å². The number of hydrogen-bond acceptors (Lipinski definition) is 6. The van der Waals surface area contributed by atoms with Crippen LogP contribution in [0.2, 0.25) is 0 Å². The van der Waals surface area contributed by atoms with Gasteiger partial charge in [-0.1, -0.05) is 37.3 Å². The number of carboxylic acid groups (broad SMARTS) is 1. The summed E-state index contributed by atoms with van der Waals surface area (Å²) < 4.78 is 2.27. The Morgan fingerprint density at radius 3 is 2.55 bits per heavy atom. The van der Waals surface area contributed by atoms with Crippen molar-refractivity contribution in [3.05, 3.63) is 87.6 Å². The number of thiophene rings is 2. The number of carboxylic acids is 1. The maximum Gasteiger partial charge on any atom is 0.346 e. The number of rotatable bonds is 6. The van der Waals surface area contributed by atoms with Crippen molar-refractivity contribution < 1.29 is 9.90 Å². The number of nitrogens with zero attached hydrogens (tertiary/aromatic N) is 4. The lowest BCUT2D eigenvalue weighted by atomic mass is 10.1. The van der Waals surface area contributed by atoms with E-state index in [0.29, 0.717) is 0 Å². The van der Waals surface area contributed by atoms with E-state index in [1.807, 2.05) is 48.5 Å². The number of nitriles is 1. The van der Waals surface area contributed by atoms with Crippen LogP contribution in [0.4, 0.5) is 0 Å². The van der Waals surface area contributed by atoms with E-state index in [2.05, 4.69) is 41.5 Å². The summed E-state index contributed by atoms with van der Waals surface area (Å²) in [6.45, 7) is 3.08. The normalized spacial score (nSPS) is 11.6. The maximum absolute atomic E-state index is 11.1. The molecule has 0 aliphatic heterocycles. The van der Waals surface area contributed by atoms with Gasteiger partial charge in [-0.15, -0.1) is 22.7 Å². The van der Waals surface area contributed by atoms with Crippen molar-refractivity contribution >= 4 is 67.8 Å². The molecule has 0 spiro atoms. The Bertz CT molecular complexity index is 2060. The minimum Gasteiger partial charge on any atom is -0.477 e. The quantitative estimate of drug-likeness (QED) is 0.128. The molecule has 0 saturated carbocycles. The lowest BCUT2D eigenvalue weighted by molar-refractivity contribution is -0.132. The fraction of sp³-hybridized carbons (Fsp3) is 0.125. The Balaban J connectivity index is 1.33. The van der Waals surface area contributed by atoms with E-state index in [1.165, 1.54) is 17.4 Å². The van der Waals surface area contributed by atoms with Crippen molar-refractivity contribution in [1.82, 2.24) is 14.5 Å². The second-order valence-electron chi connectivity index (χ2n) is 9.21. The molecule has 4 aromatic heterocycles. The number of para-hydroxylation sites is 2. The molecular formula is C32H22N4O2S2. The molecule has 6 aromatic rings. The highest BCUT2D eigenvalue weighted by Gasteiger charge is 2.15. The van der Waals surface area contributed by atoms with Crippen LogP contribution < -0.4 is 0 Å². The van der Waals surface area contributed by atoms with Gasteiger partial charge in [-0.2, -0.15) is 5.26 Å². The van der Waals surface area contributed by atoms with Crippen molar-refractivity contribution in [1.29, 1.82) is 5.26 Å². The monoisotopic (exact) mass is 558 g/mol. The molecule has 0 fully saturated rings. The van der Waals surface area contributed by atoms with Crippen LogP contribution in [0.15, 0.2) is 72.3 Å². The van der Waals surface area contributed by atoms with Gasteiger partial charge in [-0.05, 0) is 67.1 Å². The fourth-order valence-electron chi connectivity index (χ4n) is 4.57. The highest BCUT2D eigenvalue weighted by molar-refractivity contribution is 7.22. The SMILES string of the molecule is CCCCn1c2ccc(C#Cc3ccc(-c4ccc(/C=C(\C#N)C(=O)O)s4)s3)cc2c2nc3ccccc3nc21. The molecule has 4 heterocycles. The molecule has 2 aromatic carbocycles. The molecule has 0 aliphatic rings. The summed E-state index contributed by atoms with van der Waals surface area (Å²) >= 11 is 3.02. The van der Waals surface area contributed by atoms with Crippen molar-refractivity contribution in [2.45, 2.75) is 26.3 Å². The molecule has 0 aliphatic carbocycles. The highest BCUT2D eigenvalue weighted by Crippen LogP contribution is 2.34. The molecule has 0 unspecified atom stereocenters. The van der Waals surface area contributed by atoms with Crippen LogP contribution in [0.5, 0.6) is 0 Å². The summed E-state index contributed by atoms with van der Waals surface area (Å²) in [4.78, 5) is 24.8. The molecule has 6 nitrogen and oxygen atoms in total. The lowest BCUT2D eigenvalue weighted by Gasteiger charge is -2.05. The van der Waals surface area contributed by atoms with Crippen molar-refractivity contribution in [2.75, 3.05) is 0 Å². The van der Waals surface area contributed by atoms with Crippen LogP contribution >= 0.6 is 22.7 Å². The van der Waals surface area contributed by atoms with Gasteiger partial charge >= 0.3 is 5.97 Å². The molecule has 8 heteroatoms. The van der Waals surface area contributed by atoms with Gasteiger partial charge in [-0.25, -0.2) is 14.8 Å². The number of unbranched alkanes of at least 4 members (excludes halogenated alkanes) is 1. The number of benzene rings is 2. The van der Waals surface area contributed by atoms with Gasteiger partial charge in [0.05, 0.1) is 21.4 Å². The van der Waals surface area contributed by atoms with Gasteiger partial charge in [-0.3, -0.25) is 0 Å². The molecule has 6 rings (SSSR count). The van der Waals surface area contributed by atoms with Crippen LogP contribution in [-0.2, 0) is 11.3 Å². The number of aryl methyl sites for hydroxylation is 1. The minimum atomic E-state index is -1.23. The van der Waals surface area contributed by atoms with Crippen LogP contribution in [-0.4, -0.2) is 25.6 Å². The number of aromatic nitrogens is 3. The van der Waals surface area contributed by atoms with E-state index in [1.54, 1.807) is 17.4 Å². The third kappa shape index (κ3) is 4.87. The molecule has 0 atom stereocenters. The Labute approximate surface area is 238 Å². The second-order valence-corrected chi connectivity index (χ2v) is 11.4. The number of carbonyl (C=O) groups is 1. The van der Waals surface area contributed by atoms with Crippen molar-refractivity contribution in [3.63, 3.8) is 0 Å². The van der Waals surface area contributed by atoms with Gasteiger partial charge in [0.1, 0.15) is 17.2 Å². The minimum absolute atomic E-state index is 0.282. The standard InChI is InChI=1S/C32H22N4O2S2/c1-2-3-16-36-27-13-9-20(17-24(27)30-31(36)35-26-7-5-4-6-25(26)34-30)8-10-22-11-14-28(39-22)29-15-12-23(40-29)18-21(19-33)32(37)38/h4-7,9,11-15,17-18H,2-3,16H2,1H3,(H,37,38)/b21-18+. The van der Waals surface area contributed by atoms with Gasteiger partial charge in [0.2, 0.25) is 0 Å². The Kier molecular flexibility index (Phi) is 6.88. The first-order chi connectivity index (χ1) is 19.5.